The van der Waals surface area contributed by atoms with Crippen molar-refractivity contribution >= 4 is 23.5 Å². The van der Waals surface area contributed by atoms with Crippen LogP contribution in [0.1, 0.15) is 21.5 Å². The minimum atomic E-state index is -0.553. The molecule has 6 heteroatoms. The van der Waals surface area contributed by atoms with Crippen molar-refractivity contribution in [2.75, 3.05) is 6.61 Å². The number of amides is 1. The van der Waals surface area contributed by atoms with E-state index in [2.05, 4.69) is 5.32 Å². The van der Waals surface area contributed by atoms with Gasteiger partial charge in [0.1, 0.15) is 5.82 Å². The Kier molecular flexibility index (Phi) is 5.71. The first-order chi connectivity index (χ1) is 11.0. The van der Waals surface area contributed by atoms with Crippen LogP contribution in [0.25, 0.3) is 0 Å². The summed E-state index contributed by atoms with van der Waals surface area (Å²) in [6.07, 6.45) is 0. The summed E-state index contributed by atoms with van der Waals surface area (Å²) in [5.41, 5.74) is 1.85. The van der Waals surface area contributed by atoms with Crippen molar-refractivity contribution in [3.8, 4) is 0 Å². The number of nitrogens with one attached hydrogen (secondary N) is 1. The largest absolute Gasteiger partial charge is 0.452 e. The maximum Gasteiger partial charge on any atom is 0.338 e. The normalized spacial score (nSPS) is 10.2. The second-order valence-electron chi connectivity index (χ2n) is 4.92. The predicted octanol–water partition coefficient (Wildman–Crippen LogP) is 3.26. The van der Waals surface area contributed by atoms with Crippen LogP contribution in [0, 0.1) is 12.7 Å². The molecule has 0 saturated heterocycles. The molecule has 0 aliphatic carbocycles. The molecule has 23 heavy (non-hydrogen) atoms. The van der Waals surface area contributed by atoms with Gasteiger partial charge in [-0.1, -0.05) is 35.9 Å². The van der Waals surface area contributed by atoms with Gasteiger partial charge in [0.2, 0.25) is 0 Å². The highest BCUT2D eigenvalue weighted by molar-refractivity contribution is 6.30. The first-order valence-corrected chi connectivity index (χ1v) is 7.28. The van der Waals surface area contributed by atoms with Crippen LogP contribution < -0.4 is 5.32 Å². The Morgan fingerprint density at radius 2 is 1.96 bits per heavy atom. The third kappa shape index (κ3) is 4.79. The number of carbonyl (C=O) groups excluding carboxylic acids is 2. The van der Waals surface area contributed by atoms with Crippen LogP contribution in [0.3, 0.4) is 0 Å². The van der Waals surface area contributed by atoms with E-state index in [0.29, 0.717) is 11.1 Å². The molecule has 0 aliphatic heterocycles. The zero-order valence-electron chi connectivity index (χ0n) is 12.4. The third-order valence-corrected chi connectivity index (χ3v) is 3.46. The van der Waals surface area contributed by atoms with Gasteiger partial charge < -0.3 is 10.1 Å². The average Bonchev–Trinajstić information content (AvgIpc) is 2.54. The van der Waals surface area contributed by atoms with Gasteiger partial charge in [-0.15, -0.1) is 0 Å². The number of halogens is 2. The number of ether oxygens (including phenoxy) is 1. The van der Waals surface area contributed by atoms with Gasteiger partial charge in [-0.3, -0.25) is 4.79 Å². The summed E-state index contributed by atoms with van der Waals surface area (Å²) < 4.78 is 18.0. The van der Waals surface area contributed by atoms with E-state index in [1.54, 1.807) is 25.1 Å². The molecule has 0 saturated carbocycles. The summed E-state index contributed by atoms with van der Waals surface area (Å²) >= 11 is 5.66. The number of rotatable bonds is 5. The topological polar surface area (TPSA) is 55.4 Å². The smallest absolute Gasteiger partial charge is 0.338 e. The SMILES string of the molecule is Cc1ccccc1C(=O)OCC(=O)NCc1ccc(F)c(Cl)c1. The predicted molar refractivity (Wildman–Crippen MR) is 84.7 cm³/mol. The molecule has 2 aromatic rings. The molecular formula is C17H15ClFNO3. The summed E-state index contributed by atoms with van der Waals surface area (Å²) in [5.74, 6) is -1.52. The quantitative estimate of drug-likeness (QED) is 0.853. The van der Waals surface area contributed by atoms with Crippen molar-refractivity contribution in [2.24, 2.45) is 0 Å². The van der Waals surface area contributed by atoms with Crippen molar-refractivity contribution in [1.29, 1.82) is 0 Å². The lowest BCUT2D eigenvalue weighted by molar-refractivity contribution is -0.124. The molecule has 1 N–H and O–H groups in total. The summed E-state index contributed by atoms with van der Waals surface area (Å²) in [4.78, 5) is 23.6. The van der Waals surface area contributed by atoms with E-state index in [1.165, 1.54) is 18.2 Å². The van der Waals surface area contributed by atoms with Crippen molar-refractivity contribution < 1.29 is 18.7 Å². The summed E-state index contributed by atoms with van der Waals surface area (Å²) in [6.45, 7) is 1.57. The molecule has 0 spiro atoms. The molecule has 0 heterocycles. The Bertz CT molecular complexity index is 734. The van der Waals surface area contributed by atoms with Crippen LogP contribution in [0.15, 0.2) is 42.5 Å². The molecule has 0 aromatic heterocycles. The van der Waals surface area contributed by atoms with Crippen LogP contribution >= 0.6 is 11.6 Å². The van der Waals surface area contributed by atoms with Crippen molar-refractivity contribution in [3.63, 3.8) is 0 Å². The average molecular weight is 336 g/mol. The lowest BCUT2D eigenvalue weighted by atomic mass is 10.1. The molecule has 0 atom stereocenters. The van der Waals surface area contributed by atoms with Crippen molar-refractivity contribution in [3.05, 3.63) is 70.0 Å². The van der Waals surface area contributed by atoms with Gasteiger partial charge in [-0.25, -0.2) is 9.18 Å². The van der Waals surface area contributed by atoms with Gasteiger partial charge >= 0.3 is 5.97 Å². The summed E-state index contributed by atoms with van der Waals surface area (Å²) in [7, 11) is 0. The van der Waals surface area contributed by atoms with Crippen LogP contribution in [-0.4, -0.2) is 18.5 Å². The van der Waals surface area contributed by atoms with Crippen molar-refractivity contribution in [1.82, 2.24) is 5.32 Å². The molecule has 0 fully saturated rings. The van der Waals surface area contributed by atoms with Crippen molar-refractivity contribution in [2.45, 2.75) is 13.5 Å². The zero-order chi connectivity index (χ0) is 16.8. The first kappa shape index (κ1) is 17.0. The van der Waals surface area contributed by atoms with E-state index in [-0.39, 0.29) is 18.2 Å². The highest BCUT2D eigenvalue weighted by atomic mass is 35.5. The van der Waals surface area contributed by atoms with E-state index in [1.807, 2.05) is 6.07 Å². The fourth-order valence-electron chi connectivity index (χ4n) is 1.91. The highest BCUT2D eigenvalue weighted by Gasteiger charge is 2.12. The highest BCUT2D eigenvalue weighted by Crippen LogP contribution is 2.15. The molecule has 0 aliphatic rings. The fraction of sp³-hybridized carbons (Fsp3) is 0.176. The Balaban J connectivity index is 1.82. The number of hydrogen-bond acceptors (Lipinski definition) is 3. The van der Waals surface area contributed by atoms with E-state index < -0.39 is 17.7 Å². The Labute approximate surface area is 138 Å². The summed E-state index contributed by atoms with van der Waals surface area (Å²) in [6, 6.07) is 11.1. The van der Waals surface area contributed by atoms with Crippen LogP contribution in [0.2, 0.25) is 5.02 Å². The number of benzene rings is 2. The lowest BCUT2D eigenvalue weighted by Gasteiger charge is -2.08. The number of aryl methyl sites for hydroxylation is 1. The van der Waals surface area contributed by atoms with Gasteiger partial charge in [0, 0.05) is 6.54 Å². The van der Waals surface area contributed by atoms with Crippen LogP contribution in [-0.2, 0) is 16.1 Å². The molecular weight excluding hydrogens is 321 g/mol. The van der Waals surface area contributed by atoms with Crippen LogP contribution in [0.5, 0.6) is 0 Å². The summed E-state index contributed by atoms with van der Waals surface area (Å²) in [5, 5.41) is 2.56. The molecule has 2 rings (SSSR count). The molecule has 2 aromatic carbocycles. The minimum absolute atomic E-state index is 0.0114. The molecule has 0 unspecified atom stereocenters. The standard InChI is InChI=1S/C17H15ClFNO3/c1-11-4-2-3-5-13(11)17(22)23-10-16(21)20-9-12-6-7-15(19)14(18)8-12/h2-8H,9-10H2,1H3,(H,20,21). The molecule has 4 nitrogen and oxygen atoms in total. The Morgan fingerprint density at radius 1 is 1.22 bits per heavy atom. The molecule has 0 radical (unpaired) electrons. The maximum absolute atomic E-state index is 13.0. The van der Waals surface area contributed by atoms with Gasteiger partial charge in [0.05, 0.1) is 10.6 Å². The molecule has 0 bridgehead atoms. The number of hydrogen-bond donors (Lipinski definition) is 1. The fourth-order valence-corrected chi connectivity index (χ4v) is 2.12. The van der Waals surface area contributed by atoms with E-state index in [9.17, 15) is 14.0 Å². The van der Waals surface area contributed by atoms with Gasteiger partial charge in [-0.2, -0.15) is 0 Å². The molecule has 1 amide bonds. The van der Waals surface area contributed by atoms with Gasteiger partial charge in [0.25, 0.3) is 5.91 Å². The zero-order valence-corrected chi connectivity index (χ0v) is 13.2. The second kappa shape index (κ2) is 7.74. The number of esters is 1. The van der Waals surface area contributed by atoms with Gasteiger partial charge in [0.15, 0.2) is 6.61 Å². The second-order valence-corrected chi connectivity index (χ2v) is 5.32. The van der Waals surface area contributed by atoms with E-state index in [4.69, 9.17) is 16.3 Å². The lowest BCUT2D eigenvalue weighted by Crippen LogP contribution is -2.28. The number of carbonyl (C=O) groups is 2. The van der Waals surface area contributed by atoms with E-state index in [0.717, 1.165) is 5.56 Å². The third-order valence-electron chi connectivity index (χ3n) is 3.17. The minimum Gasteiger partial charge on any atom is -0.452 e. The Morgan fingerprint density at radius 3 is 2.65 bits per heavy atom. The molecule has 120 valence electrons. The van der Waals surface area contributed by atoms with E-state index >= 15 is 0 Å². The maximum atomic E-state index is 13.0. The monoisotopic (exact) mass is 335 g/mol. The first-order valence-electron chi connectivity index (χ1n) is 6.91. The van der Waals surface area contributed by atoms with Gasteiger partial charge in [-0.05, 0) is 36.2 Å². The Hall–Kier alpha value is -2.40. The van der Waals surface area contributed by atoms with Crippen LogP contribution in [0.4, 0.5) is 4.39 Å².